The maximum absolute atomic E-state index is 10.9. The maximum atomic E-state index is 10.9. The maximum Gasteiger partial charge on any atom is 0.306 e. The molecule has 0 radical (unpaired) electrons. The van der Waals surface area contributed by atoms with Crippen molar-refractivity contribution in [2.75, 3.05) is 6.54 Å². The van der Waals surface area contributed by atoms with Gasteiger partial charge in [0, 0.05) is 12.1 Å². The Labute approximate surface area is 91.5 Å². The Morgan fingerprint density at radius 3 is 2.40 bits per heavy atom. The minimum absolute atomic E-state index is 0.103. The fourth-order valence-electron chi connectivity index (χ4n) is 3.09. The lowest BCUT2D eigenvalue weighted by atomic mass is 9.78. The van der Waals surface area contributed by atoms with E-state index in [-0.39, 0.29) is 5.92 Å². The van der Waals surface area contributed by atoms with Crippen LogP contribution in [-0.2, 0) is 4.79 Å². The summed E-state index contributed by atoms with van der Waals surface area (Å²) in [6.45, 7) is 5.46. The number of carboxylic acid groups (broad SMARTS) is 1. The molecule has 2 aliphatic rings. The normalized spacial score (nSPS) is 42.3. The molecule has 3 nitrogen and oxygen atoms in total. The Kier molecular flexibility index (Phi) is 3.01. The quantitative estimate of drug-likeness (QED) is 0.759. The third kappa shape index (κ3) is 2.17. The number of carboxylic acids is 1. The summed E-state index contributed by atoms with van der Waals surface area (Å²) in [4.78, 5) is 13.4. The molecule has 2 fully saturated rings. The van der Waals surface area contributed by atoms with Crippen LogP contribution >= 0.6 is 0 Å². The van der Waals surface area contributed by atoms with E-state index in [9.17, 15) is 4.79 Å². The predicted octanol–water partition coefficient (Wildman–Crippen LogP) is 1.97. The average Bonchev–Trinajstić information content (AvgIpc) is 2.13. The summed E-state index contributed by atoms with van der Waals surface area (Å²) in [5.41, 5.74) is 0. The van der Waals surface area contributed by atoms with Crippen LogP contribution in [0.3, 0.4) is 0 Å². The lowest BCUT2D eigenvalue weighted by Gasteiger charge is -2.47. The summed E-state index contributed by atoms with van der Waals surface area (Å²) in [6.07, 6.45) is 4.29. The molecule has 0 aromatic rings. The highest BCUT2D eigenvalue weighted by Crippen LogP contribution is 2.35. The average molecular weight is 211 g/mol. The molecule has 0 spiro atoms. The van der Waals surface area contributed by atoms with Gasteiger partial charge in [-0.15, -0.1) is 0 Å². The molecule has 2 unspecified atom stereocenters. The third-order valence-corrected chi connectivity index (χ3v) is 4.09. The number of aliphatic carboxylic acids is 1. The molecule has 1 heterocycles. The number of likely N-dealkylation sites (tertiary alicyclic amines) is 1. The van der Waals surface area contributed by atoms with Gasteiger partial charge in [-0.3, -0.25) is 9.69 Å². The number of nitrogens with zero attached hydrogens (tertiary/aromatic N) is 1. The molecule has 2 rings (SSSR count). The van der Waals surface area contributed by atoms with E-state index in [0.29, 0.717) is 6.04 Å². The molecule has 0 aromatic heterocycles. The summed E-state index contributed by atoms with van der Waals surface area (Å²) >= 11 is 0. The predicted molar refractivity (Wildman–Crippen MR) is 58.7 cm³/mol. The second-order valence-electron chi connectivity index (χ2n) is 5.38. The Hall–Kier alpha value is -0.570. The van der Waals surface area contributed by atoms with Gasteiger partial charge in [0.15, 0.2) is 0 Å². The van der Waals surface area contributed by atoms with Gasteiger partial charge in [0.05, 0.1) is 5.92 Å². The smallest absolute Gasteiger partial charge is 0.306 e. The number of hydrogen-bond donors (Lipinski definition) is 1. The zero-order chi connectivity index (χ0) is 11.0. The monoisotopic (exact) mass is 211 g/mol. The van der Waals surface area contributed by atoms with Crippen LogP contribution in [0.1, 0.15) is 39.5 Å². The van der Waals surface area contributed by atoms with Crippen molar-refractivity contribution in [1.82, 2.24) is 4.90 Å². The van der Waals surface area contributed by atoms with Gasteiger partial charge in [-0.05, 0) is 45.1 Å². The molecule has 15 heavy (non-hydrogen) atoms. The van der Waals surface area contributed by atoms with Gasteiger partial charge < -0.3 is 5.11 Å². The van der Waals surface area contributed by atoms with Crippen molar-refractivity contribution in [3.05, 3.63) is 0 Å². The van der Waals surface area contributed by atoms with E-state index in [4.69, 9.17) is 5.11 Å². The minimum atomic E-state index is -0.608. The summed E-state index contributed by atoms with van der Waals surface area (Å²) < 4.78 is 0. The first kappa shape index (κ1) is 10.9. The van der Waals surface area contributed by atoms with Gasteiger partial charge in [-0.2, -0.15) is 0 Å². The number of carbonyl (C=O) groups is 1. The molecular formula is C12H21NO2. The topological polar surface area (TPSA) is 40.5 Å². The van der Waals surface area contributed by atoms with E-state index in [2.05, 4.69) is 18.7 Å². The van der Waals surface area contributed by atoms with Crippen molar-refractivity contribution < 1.29 is 9.90 Å². The van der Waals surface area contributed by atoms with E-state index in [1.165, 1.54) is 12.8 Å². The van der Waals surface area contributed by atoms with Crippen LogP contribution in [0.2, 0.25) is 0 Å². The van der Waals surface area contributed by atoms with Crippen LogP contribution in [-0.4, -0.2) is 34.6 Å². The standard InChI is InChI=1S/C12H21NO2/c1-8-5-11(6-8)13-4-3-10(12(14)15)7-9(13)2/h8-11H,3-7H2,1-2H3,(H,14,15). The summed E-state index contributed by atoms with van der Waals surface area (Å²) in [5, 5.41) is 8.98. The first-order chi connectivity index (χ1) is 7.08. The van der Waals surface area contributed by atoms with Gasteiger partial charge >= 0.3 is 5.97 Å². The van der Waals surface area contributed by atoms with Crippen LogP contribution < -0.4 is 0 Å². The van der Waals surface area contributed by atoms with E-state index < -0.39 is 5.97 Å². The Morgan fingerprint density at radius 2 is 1.93 bits per heavy atom. The summed E-state index contributed by atoms with van der Waals surface area (Å²) in [6, 6.07) is 1.20. The fraction of sp³-hybridized carbons (Fsp3) is 0.917. The second kappa shape index (κ2) is 4.12. The van der Waals surface area contributed by atoms with Crippen LogP contribution in [0.5, 0.6) is 0 Å². The van der Waals surface area contributed by atoms with Gasteiger partial charge in [0.2, 0.25) is 0 Å². The largest absolute Gasteiger partial charge is 0.481 e. The van der Waals surface area contributed by atoms with E-state index in [1.807, 2.05) is 0 Å². The molecule has 3 heteroatoms. The first-order valence-electron chi connectivity index (χ1n) is 6.06. The van der Waals surface area contributed by atoms with Crippen molar-refractivity contribution in [2.24, 2.45) is 11.8 Å². The highest BCUT2D eigenvalue weighted by atomic mass is 16.4. The number of piperidine rings is 1. The van der Waals surface area contributed by atoms with Crippen LogP contribution in [0.25, 0.3) is 0 Å². The van der Waals surface area contributed by atoms with E-state index in [1.54, 1.807) is 0 Å². The second-order valence-corrected chi connectivity index (χ2v) is 5.38. The van der Waals surface area contributed by atoms with Gasteiger partial charge in [-0.25, -0.2) is 0 Å². The molecule has 1 saturated heterocycles. The Morgan fingerprint density at radius 1 is 1.27 bits per heavy atom. The fourth-order valence-corrected chi connectivity index (χ4v) is 3.09. The van der Waals surface area contributed by atoms with Crippen LogP contribution in [0.4, 0.5) is 0 Å². The van der Waals surface area contributed by atoms with Crippen LogP contribution in [0.15, 0.2) is 0 Å². The Balaban J connectivity index is 1.87. The number of rotatable bonds is 2. The molecule has 0 amide bonds. The highest BCUT2D eigenvalue weighted by molar-refractivity contribution is 5.70. The van der Waals surface area contributed by atoms with Crippen molar-refractivity contribution in [2.45, 2.75) is 51.6 Å². The molecule has 0 bridgehead atoms. The first-order valence-corrected chi connectivity index (χ1v) is 6.06. The van der Waals surface area contributed by atoms with E-state index in [0.717, 1.165) is 31.3 Å². The summed E-state index contributed by atoms with van der Waals surface area (Å²) in [5.74, 6) is 0.164. The molecule has 1 N–H and O–H groups in total. The van der Waals surface area contributed by atoms with Crippen molar-refractivity contribution in [1.29, 1.82) is 0 Å². The zero-order valence-electron chi connectivity index (χ0n) is 9.65. The number of hydrogen-bond acceptors (Lipinski definition) is 2. The molecule has 1 aliphatic heterocycles. The molecule has 1 aliphatic carbocycles. The molecule has 0 aromatic carbocycles. The van der Waals surface area contributed by atoms with Gasteiger partial charge in [0.25, 0.3) is 0 Å². The SMILES string of the molecule is CC1CC(N2CCC(C(=O)O)CC2C)C1. The van der Waals surface area contributed by atoms with E-state index >= 15 is 0 Å². The minimum Gasteiger partial charge on any atom is -0.481 e. The van der Waals surface area contributed by atoms with Crippen LogP contribution in [0, 0.1) is 11.8 Å². The van der Waals surface area contributed by atoms with Crippen molar-refractivity contribution in [3.8, 4) is 0 Å². The van der Waals surface area contributed by atoms with Gasteiger partial charge in [0.1, 0.15) is 0 Å². The molecular weight excluding hydrogens is 190 g/mol. The molecule has 2 atom stereocenters. The lowest BCUT2D eigenvalue weighted by Crippen LogP contribution is -2.52. The van der Waals surface area contributed by atoms with Crippen molar-refractivity contribution in [3.63, 3.8) is 0 Å². The van der Waals surface area contributed by atoms with Gasteiger partial charge in [-0.1, -0.05) is 6.92 Å². The van der Waals surface area contributed by atoms with Crippen molar-refractivity contribution >= 4 is 5.97 Å². The Bertz CT molecular complexity index is 248. The molecule has 1 saturated carbocycles. The zero-order valence-corrected chi connectivity index (χ0v) is 9.65. The highest BCUT2D eigenvalue weighted by Gasteiger charge is 2.37. The molecule has 86 valence electrons. The summed E-state index contributed by atoms with van der Waals surface area (Å²) in [7, 11) is 0. The third-order valence-electron chi connectivity index (χ3n) is 4.09. The lowest BCUT2D eigenvalue weighted by molar-refractivity contribution is -0.144.